The summed E-state index contributed by atoms with van der Waals surface area (Å²) in [7, 11) is 0. The molecular weight excluding hydrogens is 412 g/mol. The smallest absolute Gasteiger partial charge is 0.335 e. The number of hydrogen-bond acceptors (Lipinski definition) is 4. The van der Waals surface area contributed by atoms with Crippen molar-refractivity contribution in [3.05, 3.63) is 47.0 Å². The Kier molecular flexibility index (Phi) is 9.46. The molecule has 0 spiro atoms. The predicted molar refractivity (Wildman–Crippen MR) is 134 cm³/mol. The second kappa shape index (κ2) is 11.8. The summed E-state index contributed by atoms with van der Waals surface area (Å²) in [5.41, 5.74) is 1.41. The van der Waals surface area contributed by atoms with Crippen LogP contribution in [0.1, 0.15) is 73.3 Å². The van der Waals surface area contributed by atoms with E-state index >= 15 is 0 Å². The Bertz CT molecular complexity index is 964. The number of carbonyl (C=O) groups is 2. The molecule has 0 aliphatic carbocycles. The van der Waals surface area contributed by atoms with Crippen molar-refractivity contribution in [2.75, 3.05) is 6.61 Å². The van der Waals surface area contributed by atoms with Gasteiger partial charge in [0.05, 0.1) is 0 Å². The summed E-state index contributed by atoms with van der Waals surface area (Å²) < 4.78 is 5.57. The number of amidine groups is 1. The van der Waals surface area contributed by atoms with Crippen LogP contribution in [0.25, 0.3) is 0 Å². The van der Waals surface area contributed by atoms with Gasteiger partial charge in [0.1, 0.15) is 11.4 Å². The van der Waals surface area contributed by atoms with Gasteiger partial charge in [-0.25, -0.2) is 4.79 Å². The minimum atomic E-state index is -0.823. The molecule has 1 amide bonds. The van der Waals surface area contributed by atoms with Crippen molar-refractivity contribution < 1.29 is 14.3 Å². The highest BCUT2D eigenvalue weighted by Crippen LogP contribution is 2.31. The van der Waals surface area contributed by atoms with Gasteiger partial charge in [-0.2, -0.15) is 0 Å². The molecule has 1 aliphatic rings. The van der Waals surface area contributed by atoms with E-state index in [9.17, 15) is 9.59 Å². The number of nitrogens with zero attached hydrogens (tertiary/aromatic N) is 1. The largest absolute Gasteiger partial charge is 0.449 e. The number of aliphatic imine (C=N–C) groups is 1. The van der Waals surface area contributed by atoms with Gasteiger partial charge in [-0.15, -0.1) is 0 Å². The van der Waals surface area contributed by atoms with Crippen molar-refractivity contribution in [1.82, 2.24) is 5.32 Å². The van der Waals surface area contributed by atoms with Gasteiger partial charge in [0.2, 0.25) is 0 Å². The van der Waals surface area contributed by atoms with Crippen LogP contribution in [0.15, 0.2) is 46.5 Å². The molecule has 0 saturated carbocycles. The first-order valence-corrected chi connectivity index (χ1v) is 11.9. The van der Waals surface area contributed by atoms with Crippen LogP contribution in [0, 0.1) is 29.6 Å². The molecule has 0 radical (unpaired) electrons. The fourth-order valence-electron chi connectivity index (χ4n) is 4.07. The summed E-state index contributed by atoms with van der Waals surface area (Å²) >= 11 is 0. The number of nitrogens with one attached hydrogen (secondary N) is 1. The molecule has 1 N–H and O–H groups in total. The van der Waals surface area contributed by atoms with Crippen molar-refractivity contribution in [1.29, 1.82) is 0 Å². The van der Waals surface area contributed by atoms with E-state index in [1.54, 1.807) is 0 Å². The van der Waals surface area contributed by atoms with Crippen LogP contribution in [0.5, 0.6) is 0 Å². The Hall–Kier alpha value is -2.87. The number of ether oxygens (including phenoxy) is 1. The Morgan fingerprint density at radius 2 is 1.79 bits per heavy atom. The molecule has 33 heavy (non-hydrogen) atoms. The summed E-state index contributed by atoms with van der Waals surface area (Å²) in [5, 5.41) is 2.98. The zero-order chi connectivity index (χ0) is 24.6. The van der Waals surface area contributed by atoms with Crippen LogP contribution in [0.3, 0.4) is 0 Å². The van der Waals surface area contributed by atoms with Crippen molar-refractivity contribution >= 4 is 17.7 Å². The maximum atomic E-state index is 13.2. The molecule has 5 nitrogen and oxygen atoms in total. The third-order valence-electron chi connectivity index (χ3n) is 5.71. The minimum absolute atomic E-state index is 0.00695. The quantitative estimate of drug-likeness (QED) is 0.315. The van der Waals surface area contributed by atoms with E-state index in [-0.39, 0.29) is 24.3 Å². The van der Waals surface area contributed by atoms with Gasteiger partial charge in [0, 0.05) is 16.7 Å². The third-order valence-corrected chi connectivity index (χ3v) is 5.71. The van der Waals surface area contributed by atoms with E-state index in [2.05, 4.69) is 58.7 Å². The zero-order valence-corrected chi connectivity index (χ0v) is 21.1. The number of hydrogen-bond donors (Lipinski definition) is 1. The highest BCUT2D eigenvalue weighted by atomic mass is 16.5. The SMILES string of the molecule is CCC(C)/C(C1=NC(C)(CC(C)C)C(=O)N1)=C(/CC(C)C)C(=O)OCC#Cc1ccccc1. The van der Waals surface area contributed by atoms with E-state index in [0.717, 1.165) is 17.6 Å². The molecule has 1 heterocycles. The standard InChI is InChI=1S/C28H38N2O3/c1-8-21(6)24(25-29-27(32)28(7,30-25)18-20(4)5)23(17-19(2)3)26(31)33-16-12-15-22-13-10-9-11-14-22/h9-11,13-14,19-21H,8,16-18H2,1-7H3,(H,29,30,32)/b24-23+. The Balaban J connectivity index is 2.39. The molecule has 0 saturated heterocycles. The molecule has 1 aromatic carbocycles. The van der Waals surface area contributed by atoms with Crippen LogP contribution in [0.2, 0.25) is 0 Å². The Morgan fingerprint density at radius 1 is 1.12 bits per heavy atom. The number of amides is 1. The minimum Gasteiger partial charge on any atom is -0.449 e. The van der Waals surface area contributed by atoms with Crippen molar-refractivity contribution in [3.63, 3.8) is 0 Å². The Labute approximate surface area is 199 Å². The number of esters is 1. The lowest BCUT2D eigenvalue weighted by Gasteiger charge is -2.21. The van der Waals surface area contributed by atoms with Crippen LogP contribution in [0.4, 0.5) is 0 Å². The molecule has 0 bridgehead atoms. The van der Waals surface area contributed by atoms with Crippen LogP contribution in [-0.4, -0.2) is 29.9 Å². The highest BCUT2D eigenvalue weighted by molar-refractivity contribution is 6.17. The topological polar surface area (TPSA) is 67.8 Å². The monoisotopic (exact) mass is 450 g/mol. The predicted octanol–water partition coefficient (Wildman–Crippen LogP) is 5.30. The molecule has 5 heteroatoms. The number of benzene rings is 1. The van der Waals surface area contributed by atoms with Crippen molar-refractivity contribution in [2.24, 2.45) is 22.7 Å². The van der Waals surface area contributed by atoms with E-state index < -0.39 is 11.5 Å². The fourth-order valence-corrected chi connectivity index (χ4v) is 4.07. The summed E-state index contributed by atoms with van der Waals surface area (Å²) in [5.74, 6) is 6.54. The first-order valence-electron chi connectivity index (χ1n) is 11.9. The molecule has 0 aromatic heterocycles. The summed E-state index contributed by atoms with van der Waals surface area (Å²) in [6.45, 7) is 14.3. The Morgan fingerprint density at radius 3 is 2.36 bits per heavy atom. The fraction of sp³-hybridized carbons (Fsp3) is 0.536. The third kappa shape index (κ3) is 7.32. The maximum Gasteiger partial charge on any atom is 0.335 e. The maximum absolute atomic E-state index is 13.2. The molecule has 1 aromatic rings. The van der Waals surface area contributed by atoms with Gasteiger partial charge >= 0.3 is 5.97 Å². The van der Waals surface area contributed by atoms with Gasteiger partial charge < -0.3 is 10.1 Å². The summed E-state index contributed by atoms with van der Waals surface area (Å²) in [6, 6.07) is 9.59. The number of carbonyl (C=O) groups excluding carboxylic acids is 2. The van der Waals surface area contributed by atoms with Gasteiger partial charge in [-0.1, -0.05) is 71.6 Å². The van der Waals surface area contributed by atoms with E-state index in [1.165, 1.54) is 0 Å². The first-order chi connectivity index (χ1) is 15.6. The van der Waals surface area contributed by atoms with E-state index in [0.29, 0.717) is 30.2 Å². The molecule has 2 atom stereocenters. The lowest BCUT2D eigenvalue weighted by atomic mass is 9.88. The van der Waals surface area contributed by atoms with Gasteiger partial charge in [-0.05, 0) is 56.1 Å². The average molecular weight is 451 g/mol. The van der Waals surface area contributed by atoms with Crippen LogP contribution < -0.4 is 5.32 Å². The normalized spacial score (nSPS) is 19.4. The molecule has 178 valence electrons. The first kappa shape index (κ1) is 26.4. The lowest BCUT2D eigenvalue weighted by molar-refractivity contribution is -0.138. The van der Waals surface area contributed by atoms with E-state index in [4.69, 9.17) is 9.73 Å². The summed E-state index contributed by atoms with van der Waals surface area (Å²) in [6.07, 6.45) is 2.00. The van der Waals surface area contributed by atoms with Crippen molar-refractivity contribution in [2.45, 2.75) is 73.3 Å². The lowest BCUT2D eigenvalue weighted by Crippen LogP contribution is -2.39. The second-order valence-corrected chi connectivity index (χ2v) is 9.83. The second-order valence-electron chi connectivity index (χ2n) is 9.83. The molecule has 1 aliphatic heterocycles. The molecular formula is C28H38N2O3. The molecule has 2 unspecified atom stereocenters. The van der Waals surface area contributed by atoms with Crippen molar-refractivity contribution in [3.8, 4) is 11.8 Å². The molecule has 2 rings (SSSR count). The molecule has 0 fully saturated rings. The van der Waals surface area contributed by atoms with E-state index in [1.807, 2.05) is 37.3 Å². The van der Waals surface area contributed by atoms with Gasteiger partial charge in [0.25, 0.3) is 5.91 Å². The van der Waals surface area contributed by atoms with Gasteiger partial charge in [-0.3, -0.25) is 9.79 Å². The van der Waals surface area contributed by atoms with Crippen LogP contribution >= 0.6 is 0 Å². The summed E-state index contributed by atoms with van der Waals surface area (Å²) in [4.78, 5) is 30.9. The number of rotatable bonds is 9. The average Bonchev–Trinajstić information content (AvgIpc) is 3.03. The zero-order valence-electron chi connectivity index (χ0n) is 21.1. The highest BCUT2D eigenvalue weighted by Gasteiger charge is 2.41. The van der Waals surface area contributed by atoms with Crippen LogP contribution in [-0.2, 0) is 14.3 Å². The van der Waals surface area contributed by atoms with Gasteiger partial charge in [0.15, 0.2) is 6.61 Å².